The van der Waals surface area contributed by atoms with Crippen LogP contribution in [0.25, 0.3) is 0 Å². The average molecular weight is 559 g/mol. The van der Waals surface area contributed by atoms with Gasteiger partial charge in [0.25, 0.3) is 11.8 Å². The number of halogens is 2. The zero-order chi connectivity index (χ0) is 29.4. The monoisotopic (exact) mass is 558 g/mol. The minimum atomic E-state index is -1.40. The lowest BCUT2D eigenvalue weighted by Gasteiger charge is -2.37. The third kappa shape index (κ3) is 7.85. The Morgan fingerprint density at radius 1 is 1.05 bits per heavy atom. The minimum Gasteiger partial charge on any atom is -0.389 e. The van der Waals surface area contributed by atoms with Gasteiger partial charge < -0.3 is 25.5 Å². The standard InChI is InChI=1S/C30H40F2N4O4/c1-5-9-36(10-6-2)29(39)22-13-19(4)12-21(17-22)28(38)34-25(16-20-14-23(31)18-24(32)15-20)27(37)26-30(40)35(7-3)11-8-33-26/h12-15,17-18,25-27,33,37H,5-11,16H2,1-4H3,(H,34,38)/t25-,26?,27-/m0/s1. The fourth-order valence-corrected chi connectivity index (χ4v) is 5.13. The molecule has 1 unspecified atom stereocenters. The summed E-state index contributed by atoms with van der Waals surface area (Å²) in [6, 6.07) is 5.79. The summed E-state index contributed by atoms with van der Waals surface area (Å²) in [6.45, 7) is 10.2. The number of rotatable bonds is 12. The van der Waals surface area contributed by atoms with Gasteiger partial charge in [0.05, 0.1) is 12.1 Å². The Bertz CT molecular complexity index is 1180. The van der Waals surface area contributed by atoms with E-state index < -0.39 is 35.7 Å². The van der Waals surface area contributed by atoms with Crippen molar-refractivity contribution in [2.24, 2.45) is 0 Å². The van der Waals surface area contributed by atoms with Gasteiger partial charge in [0.1, 0.15) is 17.7 Å². The summed E-state index contributed by atoms with van der Waals surface area (Å²) in [5, 5.41) is 17.1. The van der Waals surface area contributed by atoms with Gasteiger partial charge in [-0.15, -0.1) is 0 Å². The van der Waals surface area contributed by atoms with Crippen molar-refractivity contribution < 1.29 is 28.3 Å². The van der Waals surface area contributed by atoms with Gasteiger partial charge >= 0.3 is 0 Å². The first kappa shape index (κ1) is 31.2. The van der Waals surface area contributed by atoms with Crippen molar-refractivity contribution in [2.75, 3.05) is 32.7 Å². The molecule has 0 saturated carbocycles. The highest BCUT2D eigenvalue weighted by Gasteiger charge is 2.38. The van der Waals surface area contributed by atoms with Crippen LogP contribution in [0.3, 0.4) is 0 Å². The maximum absolute atomic E-state index is 14.0. The molecule has 1 aliphatic rings. The molecule has 3 N–H and O–H groups in total. The first-order valence-electron chi connectivity index (χ1n) is 13.9. The zero-order valence-corrected chi connectivity index (χ0v) is 23.7. The van der Waals surface area contributed by atoms with Crippen molar-refractivity contribution in [3.63, 3.8) is 0 Å². The summed E-state index contributed by atoms with van der Waals surface area (Å²) in [7, 11) is 0. The molecule has 2 aromatic rings. The number of hydrogen-bond donors (Lipinski definition) is 3. The summed E-state index contributed by atoms with van der Waals surface area (Å²) >= 11 is 0. The number of amides is 3. The molecule has 3 amide bonds. The molecule has 218 valence electrons. The molecular weight excluding hydrogens is 518 g/mol. The zero-order valence-electron chi connectivity index (χ0n) is 23.7. The van der Waals surface area contributed by atoms with Crippen molar-refractivity contribution in [3.8, 4) is 0 Å². The molecule has 10 heteroatoms. The third-order valence-corrected chi connectivity index (χ3v) is 7.01. The van der Waals surface area contributed by atoms with Gasteiger partial charge in [0.15, 0.2) is 0 Å². The quantitative estimate of drug-likeness (QED) is 0.372. The highest BCUT2D eigenvalue weighted by molar-refractivity contribution is 6.00. The summed E-state index contributed by atoms with van der Waals surface area (Å²) in [6.07, 6.45) is 0.0771. The lowest BCUT2D eigenvalue weighted by Crippen LogP contribution is -2.64. The van der Waals surface area contributed by atoms with E-state index in [-0.39, 0.29) is 29.4 Å². The second kappa shape index (κ2) is 14.3. The number of aryl methyl sites for hydroxylation is 1. The Morgan fingerprint density at radius 2 is 1.68 bits per heavy atom. The Hall–Kier alpha value is -3.37. The number of likely N-dealkylation sites (N-methyl/N-ethyl adjacent to an activating group) is 1. The van der Waals surface area contributed by atoms with Crippen molar-refractivity contribution in [3.05, 3.63) is 70.3 Å². The van der Waals surface area contributed by atoms with Crippen LogP contribution in [0, 0.1) is 18.6 Å². The Balaban J connectivity index is 1.92. The van der Waals surface area contributed by atoms with Crippen molar-refractivity contribution in [1.82, 2.24) is 20.4 Å². The van der Waals surface area contributed by atoms with Crippen LogP contribution in [-0.4, -0.2) is 83.5 Å². The van der Waals surface area contributed by atoms with E-state index in [1.165, 1.54) is 6.07 Å². The highest BCUT2D eigenvalue weighted by atomic mass is 19.1. The molecule has 0 aromatic heterocycles. The summed E-state index contributed by atoms with van der Waals surface area (Å²) in [5.74, 6) is -2.65. The predicted octanol–water partition coefficient (Wildman–Crippen LogP) is 3.06. The fraction of sp³-hybridized carbons (Fsp3) is 0.500. The molecule has 0 spiro atoms. The Morgan fingerprint density at radius 3 is 2.27 bits per heavy atom. The van der Waals surface area contributed by atoms with Gasteiger partial charge in [-0.2, -0.15) is 0 Å². The van der Waals surface area contributed by atoms with Gasteiger partial charge in [0, 0.05) is 49.9 Å². The summed E-state index contributed by atoms with van der Waals surface area (Å²) in [4.78, 5) is 43.1. The highest BCUT2D eigenvalue weighted by Crippen LogP contribution is 2.18. The molecule has 3 rings (SSSR count). The Labute approximate surface area is 234 Å². The van der Waals surface area contributed by atoms with Gasteiger partial charge in [-0.1, -0.05) is 13.8 Å². The van der Waals surface area contributed by atoms with Crippen LogP contribution in [0.15, 0.2) is 36.4 Å². The van der Waals surface area contributed by atoms with E-state index in [1.54, 1.807) is 28.9 Å². The average Bonchev–Trinajstić information content (AvgIpc) is 2.91. The van der Waals surface area contributed by atoms with E-state index in [1.807, 2.05) is 20.8 Å². The molecule has 0 radical (unpaired) electrons. The normalized spacial score (nSPS) is 16.9. The molecule has 1 heterocycles. The number of carbonyl (C=O) groups is 3. The maximum Gasteiger partial charge on any atom is 0.253 e. The van der Waals surface area contributed by atoms with Crippen LogP contribution in [0.5, 0.6) is 0 Å². The molecule has 3 atom stereocenters. The van der Waals surface area contributed by atoms with Gasteiger partial charge in [0.2, 0.25) is 5.91 Å². The van der Waals surface area contributed by atoms with Crippen LogP contribution in [0.2, 0.25) is 0 Å². The molecule has 1 aliphatic heterocycles. The van der Waals surface area contributed by atoms with Gasteiger partial charge in [-0.05, 0) is 74.6 Å². The van der Waals surface area contributed by atoms with Crippen molar-refractivity contribution in [2.45, 2.75) is 65.1 Å². The van der Waals surface area contributed by atoms with E-state index in [0.717, 1.165) is 31.0 Å². The van der Waals surface area contributed by atoms with E-state index in [4.69, 9.17) is 0 Å². The molecular formula is C30H40F2N4O4. The number of aliphatic hydroxyl groups excluding tert-OH is 1. The SMILES string of the molecule is CCCN(CCC)C(=O)c1cc(C)cc(C(=O)N[C@@H](Cc2cc(F)cc(F)c2)[C@H](O)C2NCCN(CC)C2=O)c1. The lowest BCUT2D eigenvalue weighted by molar-refractivity contribution is -0.139. The first-order valence-corrected chi connectivity index (χ1v) is 13.9. The topological polar surface area (TPSA) is 102 Å². The number of nitrogens with zero attached hydrogens (tertiary/aromatic N) is 2. The minimum absolute atomic E-state index is 0.127. The molecule has 8 nitrogen and oxygen atoms in total. The van der Waals surface area contributed by atoms with Crippen LogP contribution in [0.4, 0.5) is 8.78 Å². The summed E-state index contributed by atoms with van der Waals surface area (Å²) in [5.41, 5.74) is 1.50. The van der Waals surface area contributed by atoms with E-state index >= 15 is 0 Å². The van der Waals surface area contributed by atoms with Gasteiger partial charge in [-0.25, -0.2) is 8.78 Å². The smallest absolute Gasteiger partial charge is 0.253 e. The van der Waals surface area contributed by atoms with Crippen LogP contribution in [-0.2, 0) is 11.2 Å². The van der Waals surface area contributed by atoms with Crippen molar-refractivity contribution >= 4 is 17.7 Å². The molecule has 1 saturated heterocycles. The molecule has 40 heavy (non-hydrogen) atoms. The predicted molar refractivity (Wildman–Crippen MR) is 149 cm³/mol. The molecule has 0 aliphatic carbocycles. The fourth-order valence-electron chi connectivity index (χ4n) is 5.13. The summed E-state index contributed by atoms with van der Waals surface area (Å²) < 4.78 is 27.9. The third-order valence-electron chi connectivity index (χ3n) is 7.01. The number of nitrogens with one attached hydrogen (secondary N) is 2. The molecule has 2 aromatic carbocycles. The molecule has 1 fully saturated rings. The van der Waals surface area contributed by atoms with Crippen molar-refractivity contribution in [1.29, 1.82) is 0 Å². The Kier molecular flexibility index (Phi) is 11.2. The second-order valence-electron chi connectivity index (χ2n) is 10.3. The van der Waals surface area contributed by atoms with E-state index in [0.29, 0.717) is 43.9 Å². The number of benzene rings is 2. The largest absolute Gasteiger partial charge is 0.389 e. The maximum atomic E-state index is 14.0. The first-order chi connectivity index (χ1) is 19.1. The van der Waals surface area contributed by atoms with Crippen LogP contribution in [0.1, 0.15) is 65.5 Å². The van der Waals surface area contributed by atoms with Crippen LogP contribution >= 0.6 is 0 Å². The molecule has 0 bridgehead atoms. The number of hydrogen-bond acceptors (Lipinski definition) is 5. The van der Waals surface area contributed by atoms with E-state index in [9.17, 15) is 28.3 Å². The van der Waals surface area contributed by atoms with Gasteiger partial charge in [-0.3, -0.25) is 14.4 Å². The number of carbonyl (C=O) groups excluding carboxylic acids is 3. The number of aliphatic hydroxyl groups is 1. The second-order valence-corrected chi connectivity index (χ2v) is 10.3. The van der Waals surface area contributed by atoms with E-state index in [2.05, 4.69) is 10.6 Å². The van der Waals surface area contributed by atoms with Crippen LogP contribution < -0.4 is 10.6 Å². The lowest BCUT2D eigenvalue weighted by atomic mass is 9.93. The number of piperazine rings is 1.